The average molecular weight is 207 g/mol. The summed E-state index contributed by atoms with van der Waals surface area (Å²) in [6.45, 7) is 4.93. The summed E-state index contributed by atoms with van der Waals surface area (Å²) in [5.74, 6) is -0.238. The summed E-state index contributed by atoms with van der Waals surface area (Å²) in [5, 5.41) is 0. The lowest BCUT2D eigenvalue weighted by Gasteiger charge is -2.25. The highest BCUT2D eigenvalue weighted by molar-refractivity contribution is 7.90. The molecule has 0 fully saturated rings. The van der Waals surface area contributed by atoms with Crippen molar-refractivity contribution in [2.24, 2.45) is 5.92 Å². The third-order valence-corrected chi connectivity index (χ3v) is 4.20. The summed E-state index contributed by atoms with van der Waals surface area (Å²) < 4.78 is 24.3. The molecule has 5 heteroatoms. The lowest BCUT2D eigenvalue weighted by atomic mass is 10.00. The molecule has 0 bridgehead atoms. The molecule has 0 spiro atoms. The Morgan fingerprint density at radius 3 is 2.23 bits per heavy atom. The third-order valence-electron chi connectivity index (χ3n) is 2.04. The topological polar surface area (TPSA) is 63.2 Å². The molecule has 0 aromatic carbocycles. The molecule has 78 valence electrons. The van der Waals surface area contributed by atoms with Gasteiger partial charge in [-0.15, -0.1) is 0 Å². The summed E-state index contributed by atoms with van der Waals surface area (Å²) in [4.78, 5) is 10.4. The average Bonchev–Trinajstić information content (AvgIpc) is 2.03. The van der Waals surface area contributed by atoms with E-state index in [0.717, 1.165) is 6.29 Å². The zero-order valence-electron chi connectivity index (χ0n) is 8.49. The second-order valence-electron chi connectivity index (χ2n) is 3.78. The van der Waals surface area contributed by atoms with E-state index in [-0.39, 0.29) is 5.92 Å². The van der Waals surface area contributed by atoms with Crippen LogP contribution < -0.4 is 4.72 Å². The normalized spacial score (nSPS) is 15.4. The number of hydrogen-bond acceptors (Lipinski definition) is 3. The van der Waals surface area contributed by atoms with E-state index in [9.17, 15) is 13.2 Å². The van der Waals surface area contributed by atoms with Crippen LogP contribution in [0.5, 0.6) is 0 Å². The predicted octanol–water partition coefficient (Wildman–Crippen LogP) is 0.539. The molecular weight excluding hydrogens is 190 g/mol. The maximum Gasteiger partial charge on any atom is 0.216 e. The Labute approximate surface area is 79.8 Å². The van der Waals surface area contributed by atoms with Gasteiger partial charge in [0.15, 0.2) is 0 Å². The molecule has 0 aliphatic carbocycles. The van der Waals surface area contributed by atoms with E-state index >= 15 is 0 Å². The van der Waals surface area contributed by atoms with Crippen LogP contribution in [0.4, 0.5) is 0 Å². The second-order valence-corrected chi connectivity index (χ2v) is 6.31. The highest BCUT2D eigenvalue weighted by atomic mass is 32.2. The van der Waals surface area contributed by atoms with Gasteiger partial charge in [-0.3, -0.25) is 0 Å². The largest absolute Gasteiger partial charge is 0.303 e. The first-order valence-electron chi connectivity index (χ1n) is 4.15. The first kappa shape index (κ1) is 12.6. The van der Waals surface area contributed by atoms with Gasteiger partial charge in [0.25, 0.3) is 0 Å². The summed E-state index contributed by atoms with van der Waals surface area (Å²) in [7, 11) is -1.93. The number of aldehydes is 1. The van der Waals surface area contributed by atoms with Gasteiger partial charge in [0, 0.05) is 5.92 Å². The fraction of sp³-hybridized carbons (Fsp3) is 0.875. The Balaban J connectivity index is 4.67. The van der Waals surface area contributed by atoms with Crippen molar-refractivity contribution >= 4 is 16.3 Å². The van der Waals surface area contributed by atoms with E-state index in [4.69, 9.17) is 0 Å². The molecule has 0 heterocycles. The number of hydrogen-bond donors (Lipinski definition) is 1. The van der Waals surface area contributed by atoms with Crippen molar-refractivity contribution in [2.75, 3.05) is 7.05 Å². The maximum atomic E-state index is 11.4. The number of rotatable bonds is 5. The van der Waals surface area contributed by atoms with Crippen LogP contribution in [0, 0.1) is 5.92 Å². The summed E-state index contributed by atoms with van der Waals surface area (Å²) in [6.07, 6.45) is 1.10. The molecule has 1 N–H and O–H groups in total. The molecule has 0 aliphatic rings. The summed E-state index contributed by atoms with van der Waals surface area (Å²) >= 11 is 0. The van der Waals surface area contributed by atoms with E-state index in [1.54, 1.807) is 20.8 Å². The Morgan fingerprint density at radius 1 is 1.46 bits per heavy atom. The monoisotopic (exact) mass is 207 g/mol. The van der Waals surface area contributed by atoms with Crippen molar-refractivity contribution in [1.82, 2.24) is 4.72 Å². The highest BCUT2D eigenvalue weighted by Gasteiger charge is 2.34. The van der Waals surface area contributed by atoms with Crippen molar-refractivity contribution in [3.63, 3.8) is 0 Å². The summed E-state index contributed by atoms with van der Waals surface area (Å²) in [5.41, 5.74) is 0. The first-order valence-corrected chi connectivity index (χ1v) is 5.63. The molecule has 0 radical (unpaired) electrons. The second kappa shape index (κ2) is 4.19. The van der Waals surface area contributed by atoms with E-state index in [2.05, 4.69) is 4.72 Å². The van der Waals surface area contributed by atoms with Crippen LogP contribution in [0.25, 0.3) is 0 Å². The Kier molecular flexibility index (Phi) is 4.06. The predicted molar refractivity (Wildman–Crippen MR) is 51.9 cm³/mol. The minimum Gasteiger partial charge on any atom is -0.303 e. The zero-order valence-corrected chi connectivity index (χ0v) is 9.31. The lowest BCUT2D eigenvalue weighted by molar-refractivity contribution is -0.110. The smallest absolute Gasteiger partial charge is 0.216 e. The third kappa shape index (κ3) is 3.08. The van der Waals surface area contributed by atoms with Gasteiger partial charge in [0.1, 0.15) is 6.29 Å². The number of sulfonamides is 1. The fourth-order valence-corrected chi connectivity index (χ4v) is 2.24. The molecule has 0 aliphatic heterocycles. The molecule has 0 aromatic heterocycles. The van der Waals surface area contributed by atoms with Gasteiger partial charge in [0.2, 0.25) is 10.0 Å². The van der Waals surface area contributed by atoms with E-state index < -0.39 is 14.8 Å². The van der Waals surface area contributed by atoms with E-state index in [1.807, 2.05) is 0 Å². The summed E-state index contributed by atoms with van der Waals surface area (Å²) in [6, 6.07) is 0. The SMILES string of the molecule is CNS(=O)(=O)C(C)(C)CC(C)C=O. The van der Waals surface area contributed by atoms with Gasteiger partial charge in [-0.2, -0.15) is 0 Å². The number of nitrogens with one attached hydrogen (secondary N) is 1. The van der Waals surface area contributed by atoms with Gasteiger partial charge in [0.05, 0.1) is 4.75 Å². The van der Waals surface area contributed by atoms with Gasteiger partial charge < -0.3 is 4.79 Å². The molecule has 1 atom stereocenters. The number of carbonyl (C=O) groups is 1. The van der Waals surface area contributed by atoms with E-state index in [1.165, 1.54) is 7.05 Å². The zero-order chi connectivity index (χ0) is 10.7. The van der Waals surface area contributed by atoms with Crippen LogP contribution >= 0.6 is 0 Å². The fourth-order valence-electron chi connectivity index (χ4n) is 1.21. The van der Waals surface area contributed by atoms with Crippen molar-refractivity contribution < 1.29 is 13.2 Å². The molecule has 0 aromatic rings. The minimum absolute atomic E-state index is 0.238. The van der Waals surface area contributed by atoms with Crippen LogP contribution in [0.2, 0.25) is 0 Å². The van der Waals surface area contributed by atoms with Crippen LogP contribution in [0.1, 0.15) is 27.2 Å². The van der Waals surface area contributed by atoms with Crippen molar-refractivity contribution in [2.45, 2.75) is 31.9 Å². The molecular formula is C8H17NO3S. The molecule has 0 saturated heterocycles. The van der Waals surface area contributed by atoms with Crippen LogP contribution in [-0.2, 0) is 14.8 Å². The van der Waals surface area contributed by atoms with Gasteiger partial charge in [-0.1, -0.05) is 6.92 Å². The molecule has 0 amide bonds. The molecule has 4 nitrogen and oxygen atoms in total. The number of carbonyl (C=O) groups excluding carboxylic acids is 1. The van der Waals surface area contributed by atoms with Gasteiger partial charge in [-0.05, 0) is 27.3 Å². The molecule has 1 unspecified atom stereocenters. The van der Waals surface area contributed by atoms with Crippen molar-refractivity contribution in [3.05, 3.63) is 0 Å². The first-order chi connectivity index (χ1) is 5.77. The van der Waals surface area contributed by atoms with Crippen molar-refractivity contribution in [1.29, 1.82) is 0 Å². The molecule has 0 saturated carbocycles. The Hall–Kier alpha value is -0.420. The minimum atomic E-state index is -3.31. The van der Waals surface area contributed by atoms with Crippen LogP contribution in [0.15, 0.2) is 0 Å². The highest BCUT2D eigenvalue weighted by Crippen LogP contribution is 2.23. The Bertz CT molecular complexity index is 269. The lowest BCUT2D eigenvalue weighted by Crippen LogP contribution is -2.41. The molecule has 13 heavy (non-hydrogen) atoms. The quantitative estimate of drug-likeness (QED) is 0.669. The van der Waals surface area contributed by atoms with Crippen molar-refractivity contribution in [3.8, 4) is 0 Å². The molecule has 0 rings (SSSR count). The van der Waals surface area contributed by atoms with Crippen LogP contribution in [-0.4, -0.2) is 26.5 Å². The van der Waals surface area contributed by atoms with Crippen LogP contribution in [0.3, 0.4) is 0 Å². The van der Waals surface area contributed by atoms with Gasteiger partial charge in [-0.25, -0.2) is 13.1 Å². The standard InChI is InChI=1S/C8H17NO3S/c1-7(6-10)5-8(2,3)13(11,12)9-4/h6-7,9H,5H2,1-4H3. The maximum absolute atomic E-state index is 11.4. The van der Waals surface area contributed by atoms with E-state index in [0.29, 0.717) is 6.42 Å². The Morgan fingerprint density at radius 2 is 1.92 bits per heavy atom. The van der Waals surface area contributed by atoms with Gasteiger partial charge >= 0.3 is 0 Å².